The van der Waals surface area contributed by atoms with E-state index in [2.05, 4.69) is 10.7 Å². The maximum atomic E-state index is 10.8. The van der Waals surface area contributed by atoms with Crippen LogP contribution in [-0.2, 0) is 0 Å². The minimum Gasteiger partial charge on any atom is -0.350 e. The molecule has 0 saturated carbocycles. The topological polar surface area (TPSA) is 87.5 Å². The molecule has 64 valence electrons. The molecule has 0 aliphatic carbocycles. The van der Waals surface area contributed by atoms with Crippen molar-refractivity contribution >= 4 is 12.1 Å². The lowest BCUT2D eigenvalue weighted by Gasteiger charge is -2.19. The van der Waals surface area contributed by atoms with Crippen molar-refractivity contribution in [2.24, 2.45) is 5.73 Å². The van der Waals surface area contributed by atoms with Crippen LogP contribution < -0.4 is 16.5 Å². The predicted molar refractivity (Wildman–Crippen MR) is 39.6 cm³/mol. The smallest absolute Gasteiger partial charge is 0.335 e. The normalized spacial score (nSPS) is 8.55. The Labute approximate surface area is 64.7 Å². The first kappa shape index (κ1) is 9.54. The van der Waals surface area contributed by atoms with E-state index in [0.717, 1.165) is 5.01 Å². The van der Waals surface area contributed by atoms with Crippen LogP contribution in [0.1, 0.15) is 6.92 Å². The highest BCUT2D eigenvalue weighted by molar-refractivity contribution is 5.78. The summed E-state index contributed by atoms with van der Waals surface area (Å²) >= 11 is 0. The standard InChI is InChI=1S/C5H12N4O2/c1-3-9(5(11)7-2)8-4(6)10/h3H2,1-2H3,(H,7,11)(H3,6,8,10). The van der Waals surface area contributed by atoms with Gasteiger partial charge in [0.2, 0.25) is 0 Å². The third kappa shape index (κ3) is 3.29. The quantitative estimate of drug-likeness (QED) is 0.440. The average molecular weight is 160 g/mol. The number of carbonyl (C=O) groups is 2. The second-order valence-electron chi connectivity index (χ2n) is 1.78. The Bertz CT molecular complexity index is 159. The largest absolute Gasteiger partial charge is 0.350 e. The van der Waals surface area contributed by atoms with Crippen LogP contribution in [0.5, 0.6) is 0 Å². The Morgan fingerprint density at radius 1 is 1.55 bits per heavy atom. The van der Waals surface area contributed by atoms with Gasteiger partial charge in [-0.3, -0.25) is 0 Å². The molecule has 0 fully saturated rings. The van der Waals surface area contributed by atoms with Crippen molar-refractivity contribution in [2.45, 2.75) is 6.92 Å². The average Bonchev–Trinajstić information content (AvgIpc) is 1.98. The van der Waals surface area contributed by atoms with E-state index in [0.29, 0.717) is 6.54 Å². The van der Waals surface area contributed by atoms with Crippen LogP contribution in [0.4, 0.5) is 9.59 Å². The fourth-order valence-corrected chi connectivity index (χ4v) is 0.541. The Hall–Kier alpha value is -1.46. The summed E-state index contributed by atoms with van der Waals surface area (Å²) in [5.74, 6) is 0. The lowest BCUT2D eigenvalue weighted by molar-refractivity contribution is 0.175. The third-order valence-corrected chi connectivity index (χ3v) is 1.02. The van der Waals surface area contributed by atoms with Gasteiger partial charge in [-0.2, -0.15) is 0 Å². The molecule has 6 heteroatoms. The monoisotopic (exact) mass is 160 g/mol. The maximum absolute atomic E-state index is 10.8. The van der Waals surface area contributed by atoms with E-state index >= 15 is 0 Å². The molecule has 0 aromatic carbocycles. The van der Waals surface area contributed by atoms with E-state index in [9.17, 15) is 9.59 Å². The first-order valence-electron chi connectivity index (χ1n) is 3.17. The summed E-state index contributed by atoms with van der Waals surface area (Å²) in [4.78, 5) is 21.1. The van der Waals surface area contributed by atoms with Gasteiger partial charge in [-0.05, 0) is 6.92 Å². The number of amides is 4. The Kier molecular flexibility index (Phi) is 3.79. The lowest BCUT2D eigenvalue weighted by Crippen LogP contribution is -2.51. The summed E-state index contributed by atoms with van der Waals surface area (Å²) in [6, 6.07) is -1.15. The number of nitrogens with one attached hydrogen (secondary N) is 2. The molecular formula is C5H12N4O2. The highest BCUT2D eigenvalue weighted by Gasteiger charge is 2.09. The van der Waals surface area contributed by atoms with Crippen molar-refractivity contribution in [3.63, 3.8) is 0 Å². The maximum Gasteiger partial charge on any atom is 0.335 e. The zero-order valence-corrected chi connectivity index (χ0v) is 6.55. The van der Waals surface area contributed by atoms with E-state index in [-0.39, 0.29) is 0 Å². The van der Waals surface area contributed by atoms with Crippen molar-refractivity contribution in [1.29, 1.82) is 0 Å². The molecule has 0 unspecified atom stereocenters. The highest BCUT2D eigenvalue weighted by atomic mass is 16.2. The second kappa shape index (κ2) is 4.37. The number of hydrazine groups is 1. The first-order chi connectivity index (χ1) is 5.11. The molecule has 4 amide bonds. The van der Waals surface area contributed by atoms with Crippen LogP contribution in [0.2, 0.25) is 0 Å². The molecule has 11 heavy (non-hydrogen) atoms. The van der Waals surface area contributed by atoms with Gasteiger partial charge in [0.1, 0.15) is 0 Å². The van der Waals surface area contributed by atoms with Gasteiger partial charge in [0.05, 0.1) is 0 Å². The molecule has 0 heterocycles. The molecular weight excluding hydrogens is 148 g/mol. The predicted octanol–water partition coefficient (Wildman–Crippen LogP) is -0.769. The number of nitrogens with zero attached hydrogens (tertiary/aromatic N) is 1. The molecule has 4 N–H and O–H groups in total. The van der Waals surface area contributed by atoms with Gasteiger partial charge in [-0.15, -0.1) is 0 Å². The summed E-state index contributed by atoms with van der Waals surface area (Å²) in [5.41, 5.74) is 6.93. The van der Waals surface area contributed by atoms with Gasteiger partial charge in [0.25, 0.3) is 0 Å². The Balaban J connectivity index is 3.94. The van der Waals surface area contributed by atoms with Crippen molar-refractivity contribution < 1.29 is 9.59 Å². The van der Waals surface area contributed by atoms with Crippen LogP contribution in [0.3, 0.4) is 0 Å². The molecule has 0 aromatic heterocycles. The van der Waals surface area contributed by atoms with Crippen LogP contribution >= 0.6 is 0 Å². The van der Waals surface area contributed by atoms with E-state index in [1.54, 1.807) is 6.92 Å². The van der Waals surface area contributed by atoms with E-state index in [1.807, 2.05) is 0 Å². The van der Waals surface area contributed by atoms with Gasteiger partial charge < -0.3 is 11.1 Å². The van der Waals surface area contributed by atoms with Crippen LogP contribution in [0, 0.1) is 0 Å². The molecule has 0 rings (SSSR count). The van der Waals surface area contributed by atoms with Gasteiger partial charge >= 0.3 is 12.1 Å². The summed E-state index contributed by atoms with van der Waals surface area (Å²) in [7, 11) is 1.47. The third-order valence-electron chi connectivity index (χ3n) is 1.02. The number of carbonyl (C=O) groups excluding carboxylic acids is 2. The molecule has 0 bridgehead atoms. The van der Waals surface area contributed by atoms with E-state index in [4.69, 9.17) is 5.73 Å². The molecule has 0 saturated heterocycles. The fraction of sp³-hybridized carbons (Fsp3) is 0.600. The number of hydrogen-bond acceptors (Lipinski definition) is 2. The molecule has 0 radical (unpaired) electrons. The van der Waals surface area contributed by atoms with Gasteiger partial charge in [-0.25, -0.2) is 20.0 Å². The summed E-state index contributed by atoms with van der Waals surface area (Å²) in [6.45, 7) is 2.08. The van der Waals surface area contributed by atoms with Crippen molar-refractivity contribution in [3.05, 3.63) is 0 Å². The lowest BCUT2D eigenvalue weighted by atomic mass is 10.7. The van der Waals surface area contributed by atoms with Crippen LogP contribution in [0.15, 0.2) is 0 Å². The summed E-state index contributed by atoms with van der Waals surface area (Å²) in [5, 5.41) is 3.41. The highest BCUT2D eigenvalue weighted by Crippen LogP contribution is 1.80. The number of primary amides is 1. The SMILES string of the molecule is CCN(NC(N)=O)C(=O)NC. The summed E-state index contributed by atoms with van der Waals surface area (Å²) in [6.07, 6.45) is 0. The number of hydrogen-bond donors (Lipinski definition) is 3. The van der Waals surface area contributed by atoms with Crippen LogP contribution in [-0.4, -0.2) is 30.7 Å². The molecule has 0 spiro atoms. The Morgan fingerprint density at radius 3 is 2.36 bits per heavy atom. The van der Waals surface area contributed by atoms with Gasteiger partial charge in [-0.1, -0.05) is 0 Å². The van der Waals surface area contributed by atoms with Gasteiger partial charge in [0, 0.05) is 13.6 Å². The zero-order valence-electron chi connectivity index (χ0n) is 6.55. The van der Waals surface area contributed by atoms with Gasteiger partial charge in [0.15, 0.2) is 0 Å². The van der Waals surface area contributed by atoms with Crippen molar-refractivity contribution in [1.82, 2.24) is 15.8 Å². The molecule has 0 aromatic rings. The second-order valence-corrected chi connectivity index (χ2v) is 1.78. The summed E-state index contributed by atoms with van der Waals surface area (Å²) < 4.78 is 0. The zero-order chi connectivity index (χ0) is 8.85. The molecule has 6 nitrogen and oxygen atoms in total. The minimum absolute atomic E-state index is 0.364. The van der Waals surface area contributed by atoms with E-state index < -0.39 is 12.1 Å². The van der Waals surface area contributed by atoms with Crippen molar-refractivity contribution in [2.75, 3.05) is 13.6 Å². The first-order valence-corrected chi connectivity index (χ1v) is 3.17. The van der Waals surface area contributed by atoms with E-state index in [1.165, 1.54) is 7.05 Å². The molecule has 0 aliphatic rings. The number of rotatable bonds is 1. The molecule has 0 atom stereocenters. The van der Waals surface area contributed by atoms with Crippen LogP contribution in [0.25, 0.3) is 0 Å². The minimum atomic E-state index is -0.754. The Morgan fingerprint density at radius 2 is 2.09 bits per heavy atom. The number of nitrogens with two attached hydrogens (primary N) is 1. The number of urea groups is 2. The van der Waals surface area contributed by atoms with Crippen molar-refractivity contribution in [3.8, 4) is 0 Å². The molecule has 0 aliphatic heterocycles. The fourth-order valence-electron chi connectivity index (χ4n) is 0.541.